The highest BCUT2D eigenvalue weighted by atomic mass is 16.5. The summed E-state index contributed by atoms with van der Waals surface area (Å²) in [6, 6.07) is 47.8. The Morgan fingerprint density at radius 3 is 1.77 bits per heavy atom. The maximum atomic E-state index is 6.04. The second-order valence-corrected chi connectivity index (χ2v) is 10.6. The third kappa shape index (κ3) is 3.00. The van der Waals surface area contributed by atoms with Crippen LogP contribution in [0, 0.1) is 0 Å². The molecular weight excluding hydrogens is 488 g/mol. The molecule has 0 fully saturated rings. The quantitative estimate of drug-likeness (QED) is 0.242. The molecule has 3 nitrogen and oxygen atoms in total. The van der Waals surface area contributed by atoms with Crippen LogP contribution in [0.2, 0.25) is 0 Å². The Morgan fingerprint density at radius 1 is 0.550 bits per heavy atom. The molecule has 1 aliphatic carbocycles. The highest BCUT2D eigenvalue weighted by Gasteiger charge is 2.51. The maximum Gasteiger partial charge on any atom is 0.128 e. The molecule has 3 heteroatoms. The lowest BCUT2D eigenvalue weighted by Crippen LogP contribution is -2.37. The van der Waals surface area contributed by atoms with Crippen molar-refractivity contribution in [3.05, 3.63) is 173 Å². The first-order valence-electron chi connectivity index (χ1n) is 13.8. The van der Waals surface area contributed by atoms with Gasteiger partial charge >= 0.3 is 0 Å². The van der Waals surface area contributed by atoms with Gasteiger partial charge in [0.2, 0.25) is 0 Å². The van der Waals surface area contributed by atoms with Gasteiger partial charge in [0.1, 0.15) is 11.2 Å². The fraction of sp³-hybridized carbons (Fsp3) is 0.0811. The third-order valence-electron chi connectivity index (χ3n) is 8.66. The summed E-state index contributed by atoms with van der Waals surface area (Å²) in [5, 5.41) is 2.39. The van der Waals surface area contributed by atoms with E-state index in [1.54, 1.807) is 7.11 Å². The number of para-hydroxylation sites is 1. The third-order valence-corrected chi connectivity index (χ3v) is 8.66. The van der Waals surface area contributed by atoms with E-state index >= 15 is 0 Å². The van der Waals surface area contributed by atoms with E-state index in [1.165, 1.54) is 44.6 Å². The zero-order chi connectivity index (χ0) is 26.7. The van der Waals surface area contributed by atoms with E-state index < -0.39 is 5.41 Å². The maximum absolute atomic E-state index is 6.04. The number of aromatic amines is 2. The fourth-order valence-corrected chi connectivity index (χ4v) is 7.12. The van der Waals surface area contributed by atoms with Crippen molar-refractivity contribution in [2.24, 2.45) is 0 Å². The van der Waals surface area contributed by atoms with E-state index in [9.17, 15) is 0 Å². The van der Waals surface area contributed by atoms with Crippen LogP contribution < -0.4 is 4.74 Å². The predicted molar refractivity (Wildman–Crippen MR) is 162 cm³/mol. The van der Waals surface area contributed by atoms with Gasteiger partial charge in [-0.1, -0.05) is 115 Å². The lowest BCUT2D eigenvalue weighted by atomic mass is 9.61. The van der Waals surface area contributed by atoms with Gasteiger partial charge in [0.05, 0.1) is 7.11 Å². The molecule has 1 atom stereocenters. The molecule has 0 saturated heterocycles. The summed E-state index contributed by atoms with van der Waals surface area (Å²) in [4.78, 5) is 7.93. The lowest BCUT2D eigenvalue weighted by molar-refractivity contribution is 0.419. The number of methoxy groups -OCH3 is 1. The van der Waals surface area contributed by atoms with Gasteiger partial charge in [0, 0.05) is 39.1 Å². The van der Waals surface area contributed by atoms with Crippen LogP contribution in [0.3, 0.4) is 0 Å². The molecular formula is C37H28N2O. The number of hydrogen-bond donors (Lipinski definition) is 2. The molecule has 5 aromatic carbocycles. The van der Waals surface area contributed by atoms with Gasteiger partial charge in [-0.3, -0.25) is 0 Å². The summed E-state index contributed by atoms with van der Waals surface area (Å²) in [5.74, 6) is 0.891. The molecule has 40 heavy (non-hydrogen) atoms. The first kappa shape index (κ1) is 22.9. The Kier molecular flexibility index (Phi) is 5.02. The van der Waals surface area contributed by atoms with Crippen LogP contribution in [0.4, 0.5) is 0 Å². The Balaban J connectivity index is 1.65. The molecule has 192 valence electrons. The number of nitrogens with one attached hydrogen (secondary N) is 2. The fourth-order valence-electron chi connectivity index (χ4n) is 7.12. The van der Waals surface area contributed by atoms with Crippen LogP contribution in [-0.2, 0) is 5.41 Å². The smallest absolute Gasteiger partial charge is 0.128 e. The van der Waals surface area contributed by atoms with Crippen LogP contribution >= 0.6 is 0 Å². The Morgan fingerprint density at radius 2 is 1.10 bits per heavy atom. The topological polar surface area (TPSA) is 40.8 Å². The van der Waals surface area contributed by atoms with Crippen molar-refractivity contribution >= 4 is 21.8 Å². The predicted octanol–water partition coefficient (Wildman–Crippen LogP) is 8.53. The first-order chi connectivity index (χ1) is 19.8. The summed E-state index contributed by atoms with van der Waals surface area (Å²) in [6.07, 6.45) is 0. The Bertz CT molecular complexity index is 1950. The van der Waals surface area contributed by atoms with Crippen molar-refractivity contribution in [2.75, 3.05) is 7.11 Å². The van der Waals surface area contributed by atoms with Crippen molar-refractivity contribution in [3.8, 4) is 5.75 Å². The monoisotopic (exact) mass is 516 g/mol. The van der Waals surface area contributed by atoms with Gasteiger partial charge < -0.3 is 14.7 Å². The molecule has 0 amide bonds. The highest BCUT2D eigenvalue weighted by molar-refractivity contribution is 5.97. The minimum absolute atomic E-state index is 0.00736. The van der Waals surface area contributed by atoms with Gasteiger partial charge in [-0.2, -0.15) is 0 Å². The number of rotatable bonds is 4. The minimum Gasteiger partial charge on any atom is -0.496 e. The molecule has 2 aromatic heterocycles. The lowest BCUT2D eigenvalue weighted by Gasteiger charge is -2.41. The van der Waals surface area contributed by atoms with Gasteiger partial charge in [-0.25, -0.2) is 0 Å². The summed E-state index contributed by atoms with van der Waals surface area (Å²) in [5.41, 5.74) is 10.3. The minimum atomic E-state index is -0.596. The molecule has 8 rings (SSSR count). The molecule has 1 aliphatic rings. The Labute approximate surface area is 233 Å². The van der Waals surface area contributed by atoms with Crippen LogP contribution in [-0.4, -0.2) is 17.1 Å². The van der Waals surface area contributed by atoms with Crippen molar-refractivity contribution in [2.45, 2.75) is 11.3 Å². The van der Waals surface area contributed by atoms with Crippen LogP contribution in [0.1, 0.15) is 45.1 Å². The summed E-state index contributed by atoms with van der Waals surface area (Å²) >= 11 is 0. The van der Waals surface area contributed by atoms with Crippen molar-refractivity contribution in [1.29, 1.82) is 0 Å². The number of ether oxygens (including phenoxy) is 1. The number of aromatic nitrogens is 2. The van der Waals surface area contributed by atoms with E-state index in [0.29, 0.717) is 0 Å². The average Bonchev–Trinajstić information content (AvgIpc) is 3.61. The van der Waals surface area contributed by atoms with E-state index in [0.717, 1.165) is 22.2 Å². The SMILES string of the molecule is COc1cccc2[nH]c3c(c12)[C@@H](c1ccccc1)c1c([nH]c2ccccc12)C3(c1ccccc1)c1ccccc1. The number of H-pyrrole nitrogens is 2. The van der Waals surface area contributed by atoms with Crippen LogP contribution in [0.5, 0.6) is 5.75 Å². The second-order valence-electron chi connectivity index (χ2n) is 10.6. The first-order valence-corrected chi connectivity index (χ1v) is 13.8. The highest BCUT2D eigenvalue weighted by Crippen LogP contribution is 2.58. The summed E-state index contributed by atoms with van der Waals surface area (Å²) in [7, 11) is 1.77. The molecule has 0 radical (unpaired) electrons. The number of benzene rings is 5. The molecule has 0 saturated carbocycles. The normalized spacial score (nSPS) is 15.6. The molecule has 2 heterocycles. The van der Waals surface area contributed by atoms with Gasteiger partial charge in [0.15, 0.2) is 0 Å². The number of hydrogen-bond acceptors (Lipinski definition) is 1. The van der Waals surface area contributed by atoms with Crippen LogP contribution in [0.15, 0.2) is 133 Å². The van der Waals surface area contributed by atoms with Crippen LogP contribution in [0.25, 0.3) is 21.8 Å². The van der Waals surface area contributed by atoms with Gasteiger partial charge in [-0.15, -0.1) is 0 Å². The van der Waals surface area contributed by atoms with Gasteiger partial charge in [-0.05, 0) is 46.0 Å². The van der Waals surface area contributed by atoms with Crippen molar-refractivity contribution < 1.29 is 4.74 Å². The molecule has 0 spiro atoms. The largest absolute Gasteiger partial charge is 0.496 e. The van der Waals surface area contributed by atoms with Crippen molar-refractivity contribution in [3.63, 3.8) is 0 Å². The molecule has 0 aliphatic heterocycles. The molecule has 2 N–H and O–H groups in total. The zero-order valence-corrected chi connectivity index (χ0v) is 22.2. The zero-order valence-electron chi connectivity index (χ0n) is 22.2. The standard InChI is InChI=1S/C37H28N2O/c1-40-30-23-13-22-29-33(30)34-31(24-14-5-2-6-15-24)32-27-20-11-12-21-28(27)38-35(32)37(36(34)39-29,25-16-7-3-8-17-25)26-18-9-4-10-19-26/h2-23,31,38-39H,1H3/t31-/m0/s1. The van der Waals surface area contributed by atoms with E-state index in [-0.39, 0.29) is 5.92 Å². The molecule has 7 aromatic rings. The van der Waals surface area contributed by atoms with Gasteiger partial charge in [0.25, 0.3) is 0 Å². The average molecular weight is 517 g/mol. The van der Waals surface area contributed by atoms with E-state index in [2.05, 4.69) is 143 Å². The summed E-state index contributed by atoms with van der Waals surface area (Å²) < 4.78 is 6.04. The summed E-state index contributed by atoms with van der Waals surface area (Å²) in [6.45, 7) is 0. The Hall–Kier alpha value is -5.02. The van der Waals surface area contributed by atoms with E-state index in [4.69, 9.17) is 4.74 Å². The van der Waals surface area contributed by atoms with Crippen molar-refractivity contribution in [1.82, 2.24) is 9.97 Å². The number of fused-ring (bicyclic) bond motifs is 6. The molecule has 0 bridgehead atoms. The van der Waals surface area contributed by atoms with E-state index in [1.807, 2.05) is 0 Å². The molecule has 0 unspecified atom stereocenters. The second kappa shape index (κ2) is 8.75.